The SMILES string of the molecule is Sc1ccccc1-c1nc(-c2ccccc2)nn1-c1ccccc1. The summed E-state index contributed by atoms with van der Waals surface area (Å²) >= 11 is 4.58. The van der Waals surface area contributed by atoms with Crippen molar-refractivity contribution in [1.29, 1.82) is 0 Å². The molecule has 0 amide bonds. The maximum atomic E-state index is 4.79. The molecule has 24 heavy (non-hydrogen) atoms. The lowest BCUT2D eigenvalue weighted by Gasteiger charge is -2.07. The van der Waals surface area contributed by atoms with E-state index in [0.717, 1.165) is 27.5 Å². The predicted octanol–water partition coefficient (Wildman–Crippen LogP) is 4.89. The first-order chi connectivity index (χ1) is 11.8. The minimum atomic E-state index is 0.700. The van der Waals surface area contributed by atoms with Gasteiger partial charge in [-0.2, -0.15) is 0 Å². The predicted molar refractivity (Wildman–Crippen MR) is 99.5 cm³/mol. The summed E-state index contributed by atoms with van der Waals surface area (Å²) in [6.07, 6.45) is 0. The van der Waals surface area contributed by atoms with Crippen LogP contribution in [0.4, 0.5) is 0 Å². The van der Waals surface area contributed by atoms with Crippen molar-refractivity contribution in [3.05, 3.63) is 84.9 Å². The van der Waals surface area contributed by atoms with Crippen LogP contribution >= 0.6 is 12.6 Å². The second-order valence-corrected chi connectivity index (χ2v) is 5.87. The van der Waals surface area contributed by atoms with Crippen LogP contribution in [0.1, 0.15) is 0 Å². The Labute approximate surface area is 146 Å². The van der Waals surface area contributed by atoms with Crippen LogP contribution in [-0.2, 0) is 0 Å². The maximum Gasteiger partial charge on any atom is 0.182 e. The monoisotopic (exact) mass is 329 g/mol. The van der Waals surface area contributed by atoms with E-state index < -0.39 is 0 Å². The third-order valence-electron chi connectivity index (χ3n) is 3.78. The van der Waals surface area contributed by atoms with Crippen molar-refractivity contribution in [2.75, 3.05) is 0 Å². The molecule has 0 bridgehead atoms. The van der Waals surface area contributed by atoms with E-state index in [9.17, 15) is 0 Å². The Balaban J connectivity index is 1.94. The van der Waals surface area contributed by atoms with E-state index in [0.29, 0.717) is 5.82 Å². The van der Waals surface area contributed by atoms with E-state index >= 15 is 0 Å². The van der Waals surface area contributed by atoms with Gasteiger partial charge in [-0.05, 0) is 18.2 Å². The number of rotatable bonds is 3. The Morgan fingerprint density at radius 1 is 0.708 bits per heavy atom. The van der Waals surface area contributed by atoms with Gasteiger partial charge in [0.25, 0.3) is 0 Å². The van der Waals surface area contributed by atoms with Crippen LogP contribution in [0.25, 0.3) is 28.5 Å². The Bertz CT molecular complexity index is 963. The third-order valence-corrected chi connectivity index (χ3v) is 4.17. The average Bonchev–Trinajstić information content (AvgIpc) is 3.09. The fourth-order valence-electron chi connectivity index (χ4n) is 2.61. The molecule has 0 atom stereocenters. The van der Waals surface area contributed by atoms with Crippen molar-refractivity contribution in [2.45, 2.75) is 4.90 Å². The third kappa shape index (κ3) is 2.72. The highest BCUT2D eigenvalue weighted by Gasteiger charge is 2.16. The zero-order valence-corrected chi connectivity index (χ0v) is 13.8. The lowest BCUT2D eigenvalue weighted by atomic mass is 10.2. The van der Waals surface area contributed by atoms with Gasteiger partial charge in [-0.3, -0.25) is 0 Å². The molecular formula is C20H15N3S. The molecule has 4 rings (SSSR count). The van der Waals surface area contributed by atoms with Gasteiger partial charge in [-0.1, -0.05) is 66.7 Å². The second-order valence-electron chi connectivity index (χ2n) is 5.39. The number of para-hydroxylation sites is 1. The Morgan fingerprint density at radius 2 is 1.33 bits per heavy atom. The van der Waals surface area contributed by atoms with Gasteiger partial charge < -0.3 is 0 Å². The molecule has 0 unspecified atom stereocenters. The Kier molecular flexibility index (Phi) is 3.89. The van der Waals surface area contributed by atoms with Gasteiger partial charge in [0.2, 0.25) is 0 Å². The summed E-state index contributed by atoms with van der Waals surface area (Å²) < 4.78 is 1.87. The molecule has 3 nitrogen and oxygen atoms in total. The quantitative estimate of drug-likeness (QED) is 0.543. The van der Waals surface area contributed by atoms with Gasteiger partial charge in [0.15, 0.2) is 11.6 Å². The number of aromatic nitrogens is 3. The van der Waals surface area contributed by atoms with Crippen molar-refractivity contribution >= 4 is 12.6 Å². The van der Waals surface area contributed by atoms with E-state index in [2.05, 4.69) is 12.6 Å². The maximum absolute atomic E-state index is 4.79. The summed E-state index contributed by atoms with van der Waals surface area (Å²) in [5.74, 6) is 1.48. The van der Waals surface area contributed by atoms with Crippen LogP contribution in [0.2, 0.25) is 0 Å². The summed E-state index contributed by atoms with van der Waals surface area (Å²) in [6.45, 7) is 0. The minimum Gasteiger partial charge on any atom is -0.213 e. The molecule has 116 valence electrons. The van der Waals surface area contributed by atoms with E-state index in [1.54, 1.807) is 0 Å². The van der Waals surface area contributed by atoms with Gasteiger partial charge >= 0.3 is 0 Å². The highest BCUT2D eigenvalue weighted by atomic mass is 32.1. The number of nitrogens with zero attached hydrogens (tertiary/aromatic N) is 3. The van der Waals surface area contributed by atoms with Crippen molar-refractivity contribution in [2.24, 2.45) is 0 Å². The van der Waals surface area contributed by atoms with Gasteiger partial charge in [0.05, 0.1) is 5.69 Å². The van der Waals surface area contributed by atoms with Crippen LogP contribution in [0.3, 0.4) is 0 Å². The second kappa shape index (κ2) is 6.34. The van der Waals surface area contributed by atoms with Crippen LogP contribution in [0.5, 0.6) is 0 Å². The van der Waals surface area contributed by atoms with Crippen LogP contribution in [-0.4, -0.2) is 14.8 Å². The van der Waals surface area contributed by atoms with Crippen molar-refractivity contribution in [3.63, 3.8) is 0 Å². The molecule has 4 aromatic rings. The van der Waals surface area contributed by atoms with E-state index in [1.807, 2.05) is 89.6 Å². The zero-order chi connectivity index (χ0) is 16.4. The molecule has 1 aromatic heterocycles. The number of thiol groups is 1. The van der Waals surface area contributed by atoms with E-state index in [1.165, 1.54) is 0 Å². The molecule has 0 aliphatic heterocycles. The molecule has 4 heteroatoms. The largest absolute Gasteiger partial charge is 0.213 e. The number of hydrogen-bond donors (Lipinski definition) is 1. The average molecular weight is 329 g/mol. The van der Waals surface area contributed by atoms with Crippen molar-refractivity contribution < 1.29 is 0 Å². The normalized spacial score (nSPS) is 10.7. The summed E-state index contributed by atoms with van der Waals surface area (Å²) in [4.78, 5) is 5.67. The highest BCUT2D eigenvalue weighted by Crippen LogP contribution is 2.29. The highest BCUT2D eigenvalue weighted by molar-refractivity contribution is 7.80. The van der Waals surface area contributed by atoms with Gasteiger partial charge in [-0.15, -0.1) is 17.7 Å². The fourth-order valence-corrected chi connectivity index (χ4v) is 2.87. The summed E-state index contributed by atoms with van der Waals surface area (Å²) in [6, 6.07) is 28.0. The van der Waals surface area contributed by atoms with Crippen LogP contribution in [0, 0.1) is 0 Å². The lowest BCUT2D eigenvalue weighted by Crippen LogP contribution is -1.99. The molecule has 0 aliphatic carbocycles. The van der Waals surface area contributed by atoms with E-state index in [-0.39, 0.29) is 0 Å². The minimum absolute atomic E-state index is 0.700. The molecule has 1 heterocycles. The molecular weight excluding hydrogens is 314 g/mol. The first-order valence-corrected chi connectivity index (χ1v) is 8.14. The standard InChI is InChI=1S/C20H15N3S/c24-18-14-8-7-13-17(18)20-21-19(15-9-3-1-4-10-15)22-23(20)16-11-5-2-6-12-16/h1-14,24H. The molecule has 0 saturated carbocycles. The van der Waals surface area contributed by atoms with Crippen LogP contribution < -0.4 is 0 Å². The molecule has 0 saturated heterocycles. The molecule has 0 N–H and O–H groups in total. The summed E-state index contributed by atoms with van der Waals surface area (Å²) in [5, 5.41) is 4.74. The lowest BCUT2D eigenvalue weighted by molar-refractivity contribution is 0.888. The van der Waals surface area contributed by atoms with Gasteiger partial charge in [0, 0.05) is 16.0 Å². The molecule has 0 fully saturated rings. The summed E-state index contributed by atoms with van der Waals surface area (Å²) in [7, 11) is 0. The molecule has 0 spiro atoms. The first-order valence-electron chi connectivity index (χ1n) is 7.69. The van der Waals surface area contributed by atoms with Crippen molar-refractivity contribution in [1.82, 2.24) is 14.8 Å². The topological polar surface area (TPSA) is 30.7 Å². The van der Waals surface area contributed by atoms with Crippen molar-refractivity contribution in [3.8, 4) is 28.5 Å². The number of benzene rings is 3. The Morgan fingerprint density at radius 3 is 2.04 bits per heavy atom. The van der Waals surface area contributed by atoms with Crippen LogP contribution in [0.15, 0.2) is 89.8 Å². The number of hydrogen-bond acceptors (Lipinski definition) is 3. The van der Waals surface area contributed by atoms with Gasteiger partial charge in [-0.25, -0.2) is 9.67 Å². The first kappa shape index (κ1) is 14.7. The Hall–Kier alpha value is -2.85. The van der Waals surface area contributed by atoms with Gasteiger partial charge in [0.1, 0.15) is 0 Å². The smallest absolute Gasteiger partial charge is 0.182 e. The molecule has 0 radical (unpaired) electrons. The van der Waals surface area contributed by atoms with E-state index in [4.69, 9.17) is 10.1 Å². The molecule has 3 aromatic carbocycles. The zero-order valence-electron chi connectivity index (χ0n) is 12.9. The fraction of sp³-hybridized carbons (Fsp3) is 0. The summed E-state index contributed by atoms with van der Waals surface area (Å²) in [5.41, 5.74) is 2.92. The molecule has 0 aliphatic rings.